The summed E-state index contributed by atoms with van der Waals surface area (Å²) in [5.74, 6) is -0.384. The van der Waals surface area contributed by atoms with Crippen LogP contribution in [0.25, 0.3) is 0 Å². The Hall–Kier alpha value is -1.06. The largest absolute Gasteiger partial charge is 0.341 e. The van der Waals surface area contributed by atoms with Gasteiger partial charge in [-0.3, -0.25) is 4.79 Å². The third-order valence-corrected chi connectivity index (χ3v) is 1.21. The van der Waals surface area contributed by atoms with Crippen LogP contribution in [0.1, 0.15) is 32.6 Å². The number of nitrogens with one attached hydrogen (secondary N) is 1. The van der Waals surface area contributed by atoms with Crippen LogP contribution in [0.3, 0.4) is 0 Å². The highest BCUT2D eigenvalue weighted by atomic mass is 16.7. The summed E-state index contributed by atoms with van der Waals surface area (Å²) in [5.41, 5.74) is 1.84. The molecule has 0 bridgehead atoms. The Morgan fingerprint density at radius 1 is 1.55 bits per heavy atom. The van der Waals surface area contributed by atoms with Crippen molar-refractivity contribution in [1.29, 1.82) is 0 Å². The van der Waals surface area contributed by atoms with Crippen LogP contribution < -0.4 is 5.48 Å². The Bertz CT molecular complexity index is 125. The SMILES string of the molecule is CCCCCC(=O)ONC=O. The Morgan fingerprint density at radius 3 is 2.82 bits per heavy atom. The number of unbranched alkanes of at least 4 members (excludes halogenated alkanes) is 2. The maximum absolute atomic E-state index is 10.6. The third-order valence-electron chi connectivity index (χ3n) is 1.21. The molecule has 1 amide bonds. The first kappa shape index (κ1) is 9.94. The number of rotatable bonds is 6. The van der Waals surface area contributed by atoms with Crippen molar-refractivity contribution in [1.82, 2.24) is 5.48 Å². The minimum Gasteiger partial charge on any atom is -0.341 e. The van der Waals surface area contributed by atoms with E-state index in [1.165, 1.54) is 0 Å². The van der Waals surface area contributed by atoms with E-state index in [9.17, 15) is 9.59 Å². The molecule has 4 heteroatoms. The Kier molecular flexibility index (Phi) is 6.37. The number of hydroxylamine groups is 1. The van der Waals surface area contributed by atoms with Crippen LogP contribution in [0.15, 0.2) is 0 Å². The van der Waals surface area contributed by atoms with Gasteiger partial charge >= 0.3 is 5.97 Å². The summed E-state index contributed by atoms with van der Waals surface area (Å²) in [6.45, 7) is 2.05. The molecule has 0 fully saturated rings. The second kappa shape index (κ2) is 7.05. The predicted molar refractivity (Wildman–Crippen MR) is 39.4 cm³/mol. The van der Waals surface area contributed by atoms with Crippen LogP contribution in [0.4, 0.5) is 0 Å². The van der Waals surface area contributed by atoms with Crippen molar-refractivity contribution >= 4 is 12.4 Å². The third kappa shape index (κ3) is 6.83. The molecule has 0 spiro atoms. The van der Waals surface area contributed by atoms with Gasteiger partial charge in [-0.15, -0.1) is 0 Å². The average molecular weight is 159 g/mol. The van der Waals surface area contributed by atoms with E-state index in [0.29, 0.717) is 12.8 Å². The van der Waals surface area contributed by atoms with E-state index in [2.05, 4.69) is 11.8 Å². The quantitative estimate of drug-likeness (QED) is 0.354. The second-order valence-corrected chi connectivity index (χ2v) is 2.17. The lowest BCUT2D eigenvalue weighted by molar-refractivity contribution is -0.154. The van der Waals surface area contributed by atoms with Crippen molar-refractivity contribution in [3.8, 4) is 0 Å². The Balaban J connectivity index is 3.15. The van der Waals surface area contributed by atoms with Crippen LogP contribution >= 0.6 is 0 Å². The van der Waals surface area contributed by atoms with Gasteiger partial charge in [0.05, 0.1) is 0 Å². The highest BCUT2D eigenvalue weighted by Crippen LogP contribution is 1.98. The van der Waals surface area contributed by atoms with Crippen LogP contribution in [-0.2, 0) is 14.4 Å². The van der Waals surface area contributed by atoms with Crippen molar-refractivity contribution in [2.45, 2.75) is 32.6 Å². The minimum absolute atomic E-state index is 0.331. The zero-order valence-corrected chi connectivity index (χ0v) is 6.63. The normalized spacial score (nSPS) is 8.82. The summed E-state index contributed by atoms with van der Waals surface area (Å²) in [5, 5.41) is 0. The fraction of sp³-hybridized carbons (Fsp3) is 0.714. The molecule has 64 valence electrons. The molecule has 11 heavy (non-hydrogen) atoms. The molecule has 1 N–H and O–H groups in total. The molecule has 0 saturated heterocycles. The fourth-order valence-electron chi connectivity index (χ4n) is 0.660. The summed E-state index contributed by atoms with van der Waals surface area (Å²) >= 11 is 0. The topological polar surface area (TPSA) is 55.4 Å². The molecule has 4 nitrogen and oxygen atoms in total. The maximum Gasteiger partial charge on any atom is 0.332 e. The zero-order chi connectivity index (χ0) is 8.53. The first-order valence-corrected chi connectivity index (χ1v) is 3.70. The zero-order valence-electron chi connectivity index (χ0n) is 6.63. The number of hydrogen-bond donors (Lipinski definition) is 1. The number of carbonyl (C=O) groups is 2. The summed E-state index contributed by atoms with van der Waals surface area (Å²) in [7, 11) is 0. The number of amides is 1. The lowest BCUT2D eigenvalue weighted by Gasteiger charge is -1.98. The van der Waals surface area contributed by atoms with E-state index in [1.54, 1.807) is 0 Å². The van der Waals surface area contributed by atoms with Crippen molar-refractivity contribution in [2.75, 3.05) is 0 Å². The highest BCUT2D eigenvalue weighted by Gasteiger charge is 2.00. The molecular weight excluding hydrogens is 146 g/mol. The van der Waals surface area contributed by atoms with Gasteiger partial charge in [-0.2, -0.15) is 5.48 Å². The minimum atomic E-state index is -0.384. The van der Waals surface area contributed by atoms with Crippen LogP contribution in [0, 0.1) is 0 Å². The fourth-order valence-corrected chi connectivity index (χ4v) is 0.660. The lowest BCUT2D eigenvalue weighted by atomic mass is 10.2. The smallest absolute Gasteiger partial charge is 0.332 e. The van der Waals surface area contributed by atoms with Crippen molar-refractivity contribution < 1.29 is 14.4 Å². The molecular formula is C7H13NO3. The summed E-state index contributed by atoms with van der Waals surface area (Å²) in [4.78, 5) is 24.6. The van der Waals surface area contributed by atoms with Gasteiger partial charge in [0.25, 0.3) is 0 Å². The first-order chi connectivity index (χ1) is 5.31. The van der Waals surface area contributed by atoms with Gasteiger partial charge in [0, 0.05) is 6.42 Å². The predicted octanol–water partition coefficient (Wildman–Crippen LogP) is 0.771. The Labute approximate surface area is 65.9 Å². The van der Waals surface area contributed by atoms with E-state index in [-0.39, 0.29) is 5.97 Å². The molecule has 0 aliphatic rings. The van der Waals surface area contributed by atoms with Gasteiger partial charge < -0.3 is 4.84 Å². The van der Waals surface area contributed by atoms with Gasteiger partial charge in [-0.1, -0.05) is 19.8 Å². The van der Waals surface area contributed by atoms with Gasteiger partial charge in [0.15, 0.2) is 0 Å². The van der Waals surface area contributed by atoms with Gasteiger partial charge in [-0.25, -0.2) is 4.79 Å². The van der Waals surface area contributed by atoms with E-state index in [0.717, 1.165) is 19.3 Å². The van der Waals surface area contributed by atoms with Crippen LogP contribution in [0.2, 0.25) is 0 Å². The molecule has 0 aliphatic heterocycles. The monoisotopic (exact) mass is 159 g/mol. The van der Waals surface area contributed by atoms with Crippen molar-refractivity contribution in [3.05, 3.63) is 0 Å². The lowest BCUT2D eigenvalue weighted by Crippen LogP contribution is -2.17. The van der Waals surface area contributed by atoms with E-state index < -0.39 is 0 Å². The molecule has 0 unspecified atom stereocenters. The summed E-state index contributed by atoms with van der Waals surface area (Å²) in [6.07, 6.45) is 3.59. The van der Waals surface area contributed by atoms with Gasteiger partial charge in [0.2, 0.25) is 6.41 Å². The maximum atomic E-state index is 10.6. The molecule has 0 aromatic carbocycles. The molecule has 0 saturated carbocycles. The van der Waals surface area contributed by atoms with Gasteiger partial charge in [0.1, 0.15) is 0 Å². The van der Waals surface area contributed by atoms with E-state index >= 15 is 0 Å². The molecule has 0 heterocycles. The number of hydrogen-bond acceptors (Lipinski definition) is 3. The highest BCUT2D eigenvalue weighted by molar-refractivity contribution is 5.69. The number of carbonyl (C=O) groups excluding carboxylic acids is 2. The van der Waals surface area contributed by atoms with Gasteiger partial charge in [-0.05, 0) is 6.42 Å². The molecule has 0 rings (SSSR count). The molecule has 0 aliphatic carbocycles. The second-order valence-electron chi connectivity index (χ2n) is 2.17. The molecule has 0 aromatic heterocycles. The molecule has 0 radical (unpaired) electrons. The average Bonchev–Trinajstić information content (AvgIpc) is 2.01. The summed E-state index contributed by atoms with van der Waals surface area (Å²) < 4.78 is 0. The van der Waals surface area contributed by atoms with Crippen LogP contribution in [0.5, 0.6) is 0 Å². The standard InChI is InChI=1S/C7H13NO3/c1-2-3-4-5-7(10)11-8-6-9/h6H,2-5H2,1H3,(H,8,9). The summed E-state index contributed by atoms with van der Waals surface area (Å²) in [6, 6.07) is 0. The molecule has 0 atom stereocenters. The first-order valence-electron chi connectivity index (χ1n) is 3.70. The van der Waals surface area contributed by atoms with Crippen molar-refractivity contribution in [2.24, 2.45) is 0 Å². The van der Waals surface area contributed by atoms with E-state index in [1.807, 2.05) is 5.48 Å². The Morgan fingerprint density at radius 2 is 2.27 bits per heavy atom. The van der Waals surface area contributed by atoms with Crippen molar-refractivity contribution in [3.63, 3.8) is 0 Å². The molecule has 0 aromatic rings. The van der Waals surface area contributed by atoms with Crippen LogP contribution in [-0.4, -0.2) is 12.4 Å². The van der Waals surface area contributed by atoms with E-state index in [4.69, 9.17) is 0 Å².